The van der Waals surface area contributed by atoms with E-state index in [2.05, 4.69) is 5.32 Å². The number of anilines is 1. The van der Waals surface area contributed by atoms with Crippen LogP contribution in [0.5, 0.6) is 0 Å². The summed E-state index contributed by atoms with van der Waals surface area (Å²) in [5.41, 5.74) is 1.91. The maximum atomic E-state index is 13.9. The lowest BCUT2D eigenvalue weighted by Crippen LogP contribution is -2.52. The van der Waals surface area contributed by atoms with Crippen LogP contribution >= 0.6 is 11.6 Å². The number of likely N-dealkylation sites (N-methyl/N-ethyl adjacent to an activating group) is 1. The lowest BCUT2D eigenvalue weighted by molar-refractivity contribution is -0.140. The van der Waals surface area contributed by atoms with E-state index in [1.54, 1.807) is 31.2 Å². The smallest absolute Gasteiger partial charge is 0.264 e. The first-order chi connectivity index (χ1) is 17.7. The highest BCUT2D eigenvalue weighted by molar-refractivity contribution is 7.92. The summed E-state index contributed by atoms with van der Waals surface area (Å²) in [5.74, 6) is -0.764. The Hall–Kier alpha value is -3.36. The minimum absolute atomic E-state index is 0.0123. The highest BCUT2D eigenvalue weighted by Crippen LogP contribution is 2.28. The van der Waals surface area contributed by atoms with E-state index in [9.17, 15) is 18.0 Å². The van der Waals surface area contributed by atoms with Crippen LogP contribution < -0.4 is 9.62 Å². The van der Waals surface area contributed by atoms with Gasteiger partial charge in [0.2, 0.25) is 11.8 Å². The fourth-order valence-electron chi connectivity index (χ4n) is 4.08. The lowest BCUT2D eigenvalue weighted by Gasteiger charge is -2.33. The van der Waals surface area contributed by atoms with Crippen LogP contribution in [-0.4, -0.2) is 44.3 Å². The Morgan fingerprint density at radius 3 is 2.14 bits per heavy atom. The Bertz CT molecular complexity index is 1310. The number of benzene rings is 3. The van der Waals surface area contributed by atoms with E-state index in [0.29, 0.717) is 29.2 Å². The van der Waals surface area contributed by atoms with Gasteiger partial charge in [0.1, 0.15) is 12.6 Å². The van der Waals surface area contributed by atoms with Crippen molar-refractivity contribution >= 4 is 39.1 Å². The molecule has 37 heavy (non-hydrogen) atoms. The number of carbonyl (C=O) groups excluding carboxylic acids is 2. The number of aryl methyl sites for hydroxylation is 1. The summed E-state index contributed by atoms with van der Waals surface area (Å²) in [4.78, 5) is 28.3. The van der Waals surface area contributed by atoms with E-state index >= 15 is 0 Å². The molecule has 0 aliphatic carbocycles. The molecule has 1 N–H and O–H groups in total. The minimum atomic E-state index is -4.13. The van der Waals surface area contributed by atoms with Crippen molar-refractivity contribution in [3.8, 4) is 0 Å². The van der Waals surface area contributed by atoms with Crippen LogP contribution in [0.3, 0.4) is 0 Å². The zero-order valence-corrected chi connectivity index (χ0v) is 22.8. The molecular formula is C28H32ClN3O4S. The average Bonchev–Trinajstić information content (AvgIpc) is 2.88. The number of para-hydroxylation sites is 1. The molecule has 0 saturated heterocycles. The van der Waals surface area contributed by atoms with Gasteiger partial charge in [0.15, 0.2) is 0 Å². The topological polar surface area (TPSA) is 86.8 Å². The first-order valence-electron chi connectivity index (χ1n) is 12.1. The molecule has 196 valence electrons. The molecule has 0 aliphatic rings. The molecule has 0 aliphatic heterocycles. The number of sulfonamides is 1. The summed E-state index contributed by atoms with van der Waals surface area (Å²) in [7, 11) is -4.13. The Morgan fingerprint density at radius 1 is 0.919 bits per heavy atom. The monoisotopic (exact) mass is 541 g/mol. The highest BCUT2D eigenvalue weighted by Gasteiger charge is 2.34. The standard InChI is InChI=1S/C28H32ClN3O4S/c1-4-25(28(34)30-5-2)31(19-22-12-7-6-8-13-22)27(33)20-32(26-14-10-9-11-21(26)3)37(35,36)24-17-15-23(29)16-18-24/h6-18,25H,4-5,19-20H2,1-3H3,(H,30,34)/t25-/m0/s1. The molecule has 0 bridgehead atoms. The normalized spacial score (nSPS) is 12.0. The quantitative estimate of drug-likeness (QED) is 0.378. The van der Waals surface area contributed by atoms with Crippen LogP contribution in [0, 0.1) is 6.92 Å². The number of nitrogens with zero attached hydrogens (tertiary/aromatic N) is 2. The second-order valence-corrected chi connectivity index (χ2v) is 10.9. The van der Waals surface area contributed by atoms with Crippen molar-refractivity contribution in [2.45, 2.75) is 44.7 Å². The van der Waals surface area contributed by atoms with Crippen LogP contribution in [0.4, 0.5) is 5.69 Å². The summed E-state index contributed by atoms with van der Waals surface area (Å²) >= 11 is 5.99. The average molecular weight is 542 g/mol. The van der Waals surface area contributed by atoms with Gasteiger partial charge in [-0.2, -0.15) is 0 Å². The highest BCUT2D eigenvalue weighted by atomic mass is 35.5. The molecule has 0 fully saturated rings. The molecule has 2 amide bonds. The number of amides is 2. The molecule has 1 atom stereocenters. The van der Waals surface area contributed by atoms with Gasteiger partial charge in [-0.3, -0.25) is 13.9 Å². The van der Waals surface area contributed by atoms with E-state index in [0.717, 1.165) is 9.87 Å². The first-order valence-corrected chi connectivity index (χ1v) is 14.0. The van der Waals surface area contributed by atoms with E-state index in [1.165, 1.54) is 29.2 Å². The van der Waals surface area contributed by atoms with Crippen molar-refractivity contribution in [1.82, 2.24) is 10.2 Å². The third kappa shape index (κ3) is 6.90. The van der Waals surface area contributed by atoms with Gasteiger partial charge >= 0.3 is 0 Å². The molecule has 0 heterocycles. The van der Waals surface area contributed by atoms with Crippen molar-refractivity contribution in [3.63, 3.8) is 0 Å². The molecule has 0 unspecified atom stereocenters. The number of rotatable bonds is 11. The zero-order valence-electron chi connectivity index (χ0n) is 21.2. The Balaban J connectivity index is 2.06. The molecule has 0 spiro atoms. The van der Waals surface area contributed by atoms with Crippen molar-refractivity contribution in [2.24, 2.45) is 0 Å². The van der Waals surface area contributed by atoms with Crippen LogP contribution in [-0.2, 0) is 26.2 Å². The third-order valence-electron chi connectivity index (χ3n) is 6.00. The molecule has 3 aromatic rings. The number of nitrogens with one attached hydrogen (secondary N) is 1. The molecule has 0 saturated carbocycles. The fraction of sp³-hybridized carbons (Fsp3) is 0.286. The predicted molar refractivity (Wildman–Crippen MR) is 147 cm³/mol. The number of carbonyl (C=O) groups is 2. The summed E-state index contributed by atoms with van der Waals surface area (Å²) < 4.78 is 28.8. The third-order valence-corrected chi connectivity index (χ3v) is 8.02. The zero-order chi connectivity index (χ0) is 27.0. The van der Waals surface area contributed by atoms with Crippen molar-refractivity contribution in [2.75, 3.05) is 17.4 Å². The Morgan fingerprint density at radius 2 is 1.54 bits per heavy atom. The summed E-state index contributed by atoms with van der Waals surface area (Å²) in [6.45, 7) is 5.54. The van der Waals surface area contributed by atoms with E-state index in [1.807, 2.05) is 44.2 Å². The van der Waals surface area contributed by atoms with Gasteiger partial charge in [0.05, 0.1) is 10.6 Å². The Kier molecular flexibility index (Phi) is 9.72. The van der Waals surface area contributed by atoms with Crippen molar-refractivity contribution < 1.29 is 18.0 Å². The number of hydrogen-bond donors (Lipinski definition) is 1. The summed E-state index contributed by atoms with van der Waals surface area (Å²) in [6.07, 6.45) is 0.374. The minimum Gasteiger partial charge on any atom is -0.355 e. The van der Waals surface area contributed by atoms with Gasteiger partial charge in [-0.25, -0.2) is 8.42 Å². The predicted octanol–water partition coefficient (Wildman–Crippen LogP) is 4.79. The van der Waals surface area contributed by atoms with Crippen molar-refractivity contribution in [3.05, 3.63) is 95.0 Å². The molecule has 0 aromatic heterocycles. The van der Waals surface area contributed by atoms with Crippen LogP contribution in [0.2, 0.25) is 5.02 Å². The Labute approximate surface area is 224 Å². The molecule has 9 heteroatoms. The maximum absolute atomic E-state index is 13.9. The molecule has 3 rings (SSSR count). The molecule has 7 nitrogen and oxygen atoms in total. The first kappa shape index (κ1) is 28.2. The SMILES string of the molecule is CCNC(=O)[C@H](CC)N(Cc1ccccc1)C(=O)CN(c1ccccc1C)S(=O)(=O)c1ccc(Cl)cc1. The second kappa shape index (κ2) is 12.7. The molecular weight excluding hydrogens is 510 g/mol. The van der Waals surface area contributed by atoms with E-state index < -0.39 is 28.5 Å². The summed E-state index contributed by atoms with van der Waals surface area (Å²) in [6, 6.07) is 21.4. The number of halogens is 1. The van der Waals surface area contributed by atoms with Gasteiger partial charge in [-0.1, -0.05) is 67.1 Å². The lowest BCUT2D eigenvalue weighted by atomic mass is 10.1. The van der Waals surface area contributed by atoms with Gasteiger partial charge in [0.25, 0.3) is 10.0 Å². The van der Waals surface area contributed by atoms with Crippen LogP contribution in [0.15, 0.2) is 83.8 Å². The maximum Gasteiger partial charge on any atom is 0.264 e. The van der Waals surface area contributed by atoms with Gasteiger partial charge in [-0.15, -0.1) is 0 Å². The second-order valence-electron chi connectivity index (χ2n) is 8.58. The van der Waals surface area contributed by atoms with E-state index in [4.69, 9.17) is 11.6 Å². The molecule has 3 aromatic carbocycles. The largest absolute Gasteiger partial charge is 0.355 e. The summed E-state index contributed by atoms with van der Waals surface area (Å²) in [5, 5.41) is 3.20. The fourth-order valence-corrected chi connectivity index (χ4v) is 5.69. The van der Waals surface area contributed by atoms with Gasteiger partial charge in [-0.05, 0) is 61.7 Å². The van der Waals surface area contributed by atoms with E-state index in [-0.39, 0.29) is 17.3 Å². The van der Waals surface area contributed by atoms with Crippen LogP contribution in [0.1, 0.15) is 31.4 Å². The van der Waals surface area contributed by atoms with Gasteiger partial charge in [0, 0.05) is 18.1 Å². The van der Waals surface area contributed by atoms with Crippen molar-refractivity contribution in [1.29, 1.82) is 0 Å². The van der Waals surface area contributed by atoms with Crippen LogP contribution in [0.25, 0.3) is 0 Å². The molecule has 0 radical (unpaired) electrons. The number of hydrogen-bond acceptors (Lipinski definition) is 4. The van der Waals surface area contributed by atoms with Gasteiger partial charge < -0.3 is 10.2 Å².